The van der Waals surface area contributed by atoms with Gasteiger partial charge in [0.05, 0.1) is 6.42 Å². The van der Waals surface area contributed by atoms with E-state index in [1.165, 1.54) is 48.4 Å². The van der Waals surface area contributed by atoms with Gasteiger partial charge in [0, 0.05) is 0 Å². The third-order valence-corrected chi connectivity index (χ3v) is 12.5. The van der Waals surface area contributed by atoms with Crippen LogP contribution < -0.4 is 0 Å². The summed E-state index contributed by atoms with van der Waals surface area (Å²) in [6, 6.07) is 0. The number of hydrogen-bond acceptors (Lipinski definition) is 3. The summed E-state index contributed by atoms with van der Waals surface area (Å²) in [6.45, 7) is 9.06. The van der Waals surface area contributed by atoms with Gasteiger partial charge >= 0.3 is 83.7 Å². The molecule has 0 aromatic heterocycles. The predicted octanol–water partition coefficient (Wildman–Crippen LogP) is 3.50. The summed E-state index contributed by atoms with van der Waals surface area (Å²) in [5, 5.41) is 0. The van der Waals surface area contributed by atoms with Crippen LogP contribution in [0.4, 0.5) is 0 Å². The molecule has 0 aromatic carbocycles. The first-order chi connectivity index (χ1) is 8.84. The van der Waals surface area contributed by atoms with E-state index in [-0.39, 0.29) is 18.0 Å². The van der Waals surface area contributed by atoms with Gasteiger partial charge in [-0.25, -0.2) is 0 Å². The molecule has 0 aliphatic heterocycles. The summed E-state index contributed by atoms with van der Waals surface area (Å²) in [6.07, 6.45) is 5.19. The van der Waals surface area contributed by atoms with Crippen LogP contribution in [-0.4, -0.2) is 35.1 Å². The standard InChI is InChI=1S/C5H8O2.2C4H9.C2H3O.Sn.H/c1-4(6)3-5(2)7;2*1-3-4-2;1-2-3;;/h3H2,1-2H3;2*1,3-4H2,2H3;1H3;;. The van der Waals surface area contributed by atoms with Crippen molar-refractivity contribution in [2.45, 2.75) is 75.6 Å². The normalized spacial score (nSPS) is 9.79. The van der Waals surface area contributed by atoms with E-state index in [4.69, 9.17) is 0 Å². The van der Waals surface area contributed by atoms with Gasteiger partial charge in [0.15, 0.2) is 0 Å². The second-order valence-electron chi connectivity index (χ2n) is 5.17. The van der Waals surface area contributed by atoms with Crippen molar-refractivity contribution in [1.29, 1.82) is 0 Å². The second-order valence-corrected chi connectivity index (χ2v) is 14.8. The first kappa shape index (κ1) is 21.1. The maximum atomic E-state index is 11.2. The summed E-state index contributed by atoms with van der Waals surface area (Å²) < 4.78 is 3.22. The molecule has 4 heteroatoms. The van der Waals surface area contributed by atoms with E-state index in [9.17, 15) is 14.4 Å². The zero-order chi connectivity index (χ0) is 15.3. The molecule has 0 saturated heterocycles. The Morgan fingerprint density at radius 1 is 0.789 bits per heavy atom. The number of Topliss-reactive ketones (excluding diaryl/α,β-unsaturated/α-hetero) is 2. The van der Waals surface area contributed by atoms with Gasteiger partial charge in [-0.15, -0.1) is 0 Å². The van der Waals surface area contributed by atoms with Gasteiger partial charge in [0.2, 0.25) is 0 Å². The molecule has 0 radical (unpaired) electrons. The van der Waals surface area contributed by atoms with Crippen LogP contribution in [0.3, 0.4) is 0 Å². The molecular weight excluding hydrogens is 347 g/mol. The fourth-order valence-electron chi connectivity index (χ4n) is 1.80. The van der Waals surface area contributed by atoms with Gasteiger partial charge in [-0.3, -0.25) is 9.59 Å². The summed E-state index contributed by atoms with van der Waals surface area (Å²) in [5.41, 5.74) is 0. The Labute approximate surface area is 125 Å². The van der Waals surface area contributed by atoms with Gasteiger partial charge in [-0.05, 0) is 13.8 Å². The fourth-order valence-corrected chi connectivity index (χ4v) is 10.1. The van der Waals surface area contributed by atoms with E-state index < -0.39 is 19.8 Å². The first-order valence-corrected chi connectivity index (χ1v) is 13.6. The zero-order valence-corrected chi connectivity index (χ0v) is 16.5. The zero-order valence-electron chi connectivity index (χ0n) is 13.3. The van der Waals surface area contributed by atoms with Crippen molar-refractivity contribution in [3.05, 3.63) is 0 Å². The van der Waals surface area contributed by atoms with Crippen LogP contribution >= 0.6 is 0 Å². The number of carbonyl (C=O) groups is 3. The minimum absolute atomic E-state index is 0.0625. The summed E-state index contributed by atoms with van der Waals surface area (Å²) in [4.78, 5) is 31.3. The molecule has 0 unspecified atom stereocenters. The van der Waals surface area contributed by atoms with Crippen LogP contribution in [0.1, 0.15) is 66.7 Å². The molecule has 0 saturated carbocycles. The van der Waals surface area contributed by atoms with Crippen LogP contribution in [0.15, 0.2) is 0 Å². The molecule has 0 spiro atoms. The van der Waals surface area contributed by atoms with Gasteiger partial charge in [0.1, 0.15) is 11.6 Å². The van der Waals surface area contributed by atoms with Gasteiger partial charge in [-0.2, -0.15) is 0 Å². The van der Waals surface area contributed by atoms with Crippen molar-refractivity contribution in [3.63, 3.8) is 0 Å². The van der Waals surface area contributed by atoms with Crippen LogP contribution in [0.25, 0.3) is 0 Å². The number of rotatable bonds is 9. The Hall–Kier alpha value is -0.191. The molecule has 0 fully saturated rings. The SMILES string of the molecule is CC(=O)CC(C)=O.CCC[CH2][SnH]([CH2]CCC)[C](C)=O. The topological polar surface area (TPSA) is 51.2 Å². The summed E-state index contributed by atoms with van der Waals surface area (Å²) in [7, 11) is 0. The Balaban J connectivity index is 0. The van der Waals surface area contributed by atoms with Crippen LogP contribution in [0, 0.1) is 0 Å². The fraction of sp³-hybridized carbons (Fsp3) is 0.800. The summed E-state index contributed by atoms with van der Waals surface area (Å²) >= 11 is -1.66. The van der Waals surface area contributed by atoms with E-state index in [2.05, 4.69) is 13.8 Å². The van der Waals surface area contributed by atoms with Crippen LogP contribution in [0.5, 0.6) is 0 Å². The van der Waals surface area contributed by atoms with Gasteiger partial charge in [0.25, 0.3) is 0 Å². The van der Waals surface area contributed by atoms with Crippen molar-refractivity contribution in [3.8, 4) is 0 Å². The molecular formula is C15H30O3Sn. The molecule has 0 amide bonds. The quantitative estimate of drug-likeness (QED) is 0.457. The molecule has 0 bridgehead atoms. The minimum atomic E-state index is -1.66. The van der Waals surface area contributed by atoms with E-state index in [1.54, 1.807) is 0 Å². The Kier molecular flexibility index (Phi) is 15.8. The Bertz CT molecular complexity index is 255. The van der Waals surface area contributed by atoms with Gasteiger partial charge in [-0.1, -0.05) is 0 Å². The van der Waals surface area contributed by atoms with E-state index >= 15 is 0 Å². The number of ketones is 2. The number of unbranched alkanes of at least 4 members (excludes halogenated alkanes) is 2. The molecule has 0 N–H and O–H groups in total. The molecule has 19 heavy (non-hydrogen) atoms. The maximum absolute atomic E-state index is 11.2. The predicted molar refractivity (Wildman–Crippen MR) is 83.2 cm³/mol. The van der Waals surface area contributed by atoms with E-state index in [0.29, 0.717) is 3.80 Å². The molecule has 112 valence electrons. The number of carbonyl (C=O) groups excluding carboxylic acids is 3. The number of hydrogen-bond donors (Lipinski definition) is 0. The van der Waals surface area contributed by atoms with Crippen molar-refractivity contribution >= 4 is 35.1 Å². The molecule has 3 nitrogen and oxygen atoms in total. The second kappa shape index (κ2) is 14.2. The molecule has 0 heterocycles. The molecule has 0 atom stereocenters. The van der Waals surface area contributed by atoms with Crippen molar-refractivity contribution in [2.75, 3.05) is 0 Å². The third kappa shape index (κ3) is 17.8. The Morgan fingerprint density at radius 2 is 1.16 bits per heavy atom. The van der Waals surface area contributed by atoms with Crippen LogP contribution in [0.2, 0.25) is 8.87 Å². The van der Waals surface area contributed by atoms with Crippen molar-refractivity contribution in [2.24, 2.45) is 0 Å². The van der Waals surface area contributed by atoms with Crippen molar-refractivity contribution in [1.82, 2.24) is 0 Å². The first-order valence-electron chi connectivity index (χ1n) is 7.34. The molecule has 0 aliphatic rings. The molecule has 0 aromatic rings. The van der Waals surface area contributed by atoms with Crippen molar-refractivity contribution < 1.29 is 14.4 Å². The summed E-state index contributed by atoms with van der Waals surface area (Å²) in [5.74, 6) is -0.125. The third-order valence-electron chi connectivity index (χ3n) is 2.89. The average Bonchev–Trinajstić information content (AvgIpc) is 2.27. The Morgan fingerprint density at radius 3 is 1.32 bits per heavy atom. The monoisotopic (exact) mass is 378 g/mol. The van der Waals surface area contributed by atoms with Crippen LogP contribution in [-0.2, 0) is 14.4 Å². The average molecular weight is 377 g/mol. The van der Waals surface area contributed by atoms with Gasteiger partial charge < -0.3 is 0 Å². The van der Waals surface area contributed by atoms with E-state index in [0.717, 1.165) is 0 Å². The van der Waals surface area contributed by atoms with E-state index in [1.807, 2.05) is 6.92 Å². The molecule has 0 aliphatic carbocycles. The molecule has 0 rings (SSSR count).